The Morgan fingerprint density at radius 1 is 1.64 bits per heavy atom. The largest absolute Gasteiger partial charge is 0.494 e. The van der Waals surface area contributed by atoms with Gasteiger partial charge in [-0.1, -0.05) is 11.8 Å². The number of fused-ring (bicyclic) bond motifs is 1. The highest BCUT2D eigenvalue weighted by Crippen LogP contribution is 2.26. The number of pyridine rings is 1. The molecule has 0 radical (unpaired) electrons. The Bertz CT molecular complexity index is 403. The number of hydrogen-bond acceptors (Lipinski definition) is 4. The maximum absolute atomic E-state index is 10.7. The van der Waals surface area contributed by atoms with Gasteiger partial charge in [0.05, 0.1) is 17.5 Å². The van der Waals surface area contributed by atoms with Crippen LogP contribution < -0.4 is 0 Å². The molecule has 0 aromatic carbocycles. The highest BCUT2D eigenvalue weighted by Gasteiger charge is 2.11. The van der Waals surface area contributed by atoms with Crippen molar-refractivity contribution in [1.82, 2.24) is 4.98 Å². The standard InChI is InChI=1S/C9H7NO3S/c11-9(12)6-3-8-7(10-4-6)5-13-1-2-14-8/h1-4H,5H2,(H,11,12). The summed E-state index contributed by atoms with van der Waals surface area (Å²) in [6.07, 6.45) is 2.92. The van der Waals surface area contributed by atoms with Crippen LogP contribution in [-0.4, -0.2) is 16.1 Å². The zero-order valence-electron chi connectivity index (χ0n) is 7.14. The number of ether oxygens (including phenoxy) is 1. The number of nitrogens with zero attached hydrogens (tertiary/aromatic N) is 1. The van der Waals surface area contributed by atoms with Gasteiger partial charge in [0.25, 0.3) is 0 Å². The summed E-state index contributed by atoms with van der Waals surface area (Å²) in [5.74, 6) is -0.963. The SMILES string of the molecule is O=C(O)c1cnc2c(c1)SC=COC2. The van der Waals surface area contributed by atoms with Crippen molar-refractivity contribution < 1.29 is 14.6 Å². The molecule has 0 saturated carbocycles. The number of carbonyl (C=O) groups is 1. The van der Waals surface area contributed by atoms with Gasteiger partial charge in [-0.3, -0.25) is 4.98 Å². The van der Waals surface area contributed by atoms with Gasteiger partial charge in [-0.05, 0) is 6.07 Å². The molecule has 0 atom stereocenters. The number of hydrogen-bond donors (Lipinski definition) is 1. The fourth-order valence-corrected chi connectivity index (χ4v) is 1.79. The van der Waals surface area contributed by atoms with E-state index in [0.29, 0.717) is 6.61 Å². The summed E-state index contributed by atoms with van der Waals surface area (Å²) in [6, 6.07) is 1.61. The molecule has 1 N–H and O–H groups in total. The molecule has 0 saturated heterocycles. The molecule has 0 amide bonds. The van der Waals surface area contributed by atoms with Gasteiger partial charge in [0.1, 0.15) is 6.61 Å². The monoisotopic (exact) mass is 209 g/mol. The molecule has 1 aliphatic heterocycles. The molecule has 2 heterocycles. The Balaban J connectivity index is 2.41. The van der Waals surface area contributed by atoms with Crippen molar-refractivity contribution in [2.75, 3.05) is 0 Å². The van der Waals surface area contributed by atoms with Crippen LogP contribution in [0.4, 0.5) is 0 Å². The quantitative estimate of drug-likeness (QED) is 0.765. The number of carboxylic acids is 1. The second-order valence-electron chi connectivity index (χ2n) is 2.67. The zero-order chi connectivity index (χ0) is 9.97. The number of carboxylic acid groups (broad SMARTS) is 1. The molecule has 0 fully saturated rings. The molecule has 0 aliphatic carbocycles. The summed E-state index contributed by atoms with van der Waals surface area (Å²) in [6.45, 7) is 0.388. The summed E-state index contributed by atoms with van der Waals surface area (Å²) in [5, 5.41) is 10.5. The first-order chi connectivity index (χ1) is 6.77. The second kappa shape index (κ2) is 3.71. The van der Waals surface area contributed by atoms with Crippen molar-refractivity contribution in [3.05, 3.63) is 35.2 Å². The van der Waals surface area contributed by atoms with E-state index >= 15 is 0 Å². The molecular weight excluding hydrogens is 202 g/mol. The maximum atomic E-state index is 10.7. The molecule has 0 spiro atoms. The van der Waals surface area contributed by atoms with Crippen molar-refractivity contribution in [3.63, 3.8) is 0 Å². The van der Waals surface area contributed by atoms with Gasteiger partial charge >= 0.3 is 5.97 Å². The van der Waals surface area contributed by atoms with Gasteiger partial charge in [-0.2, -0.15) is 0 Å². The van der Waals surface area contributed by atoms with Crippen LogP contribution in [0.3, 0.4) is 0 Å². The zero-order valence-corrected chi connectivity index (χ0v) is 7.95. The maximum Gasteiger partial charge on any atom is 0.337 e. The number of rotatable bonds is 1. The van der Waals surface area contributed by atoms with E-state index in [2.05, 4.69) is 4.98 Å². The lowest BCUT2D eigenvalue weighted by Gasteiger charge is -2.03. The highest BCUT2D eigenvalue weighted by molar-refractivity contribution is 8.02. The van der Waals surface area contributed by atoms with E-state index in [0.717, 1.165) is 10.6 Å². The van der Waals surface area contributed by atoms with Crippen LogP contribution in [0.1, 0.15) is 16.1 Å². The normalized spacial score (nSPS) is 14.0. The van der Waals surface area contributed by atoms with Crippen LogP contribution >= 0.6 is 11.8 Å². The van der Waals surface area contributed by atoms with Crippen LogP contribution in [0.2, 0.25) is 0 Å². The first-order valence-electron chi connectivity index (χ1n) is 3.93. The van der Waals surface area contributed by atoms with Gasteiger partial charge < -0.3 is 9.84 Å². The molecule has 2 rings (SSSR count). The Morgan fingerprint density at radius 3 is 3.29 bits per heavy atom. The summed E-state index contributed by atoms with van der Waals surface area (Å²) < 4.78 is 5.11. The topological polar surface area (TPSA) is 59.4 Å². The minimum absolute atomic E-state index is 0.201. The third-order valence-electron chi connectivity index (χ3n) is 1.74. The highest BCUT2D eigenvalue weighted by atomic mass is 32.2. The Labute approximate surface area is 84.6 Å². The van der Waals surface area contributed by atoms with E-state index < -0.39 is 5.97 Å². The molecule has 0 unspecified atom stereocenters. The molecule has 1 aliphatic rings. The van der Waals surface area contributed by atoms with Crippen molar-refractivity contribution in [1.29, 1.82) is 0 Å². The van der Waals surface area contributed by atoms with Crippen LogP contribution in [0.5, 0.6) is 0 Å². The predicted molar refractivity (Wildman–Crippen MR) is 51.0 cm³/mol. The lowest BCUT2D eigenvalue weighted by molar-refractivity contribution is 0.0696. The van der Waals surface area contributed by atoms with E-state index in [-0.39, 0.29) is 5.56 Å². The number of thioether (sulfide) groups is 1. The average molecular weight is 209 g/mol. The predicted octanol–water partition coefficient (Wildman–Crippen LogP) is 1.87. The summed E-state index contributed by atoms with van der Waals surface area (Å²) in [4.78, 5) is 15.5. The van der Waals surface area contributed by atoms with E-state index in [1.807, 2.05) is 0 Å². The summed E-state index contributed by atoms with van der Waals surface area (Å²) in [5.41, 5.74) is 0.969. The molecular formula is C9H7NO3S. The molecule has 1 aromatic rings. The van der Waals surface area contributed by atoms with Crippen LogP contribution in [0.15, 0.2) is 28.8 Å². The first-order valence-corrected chi connectivity index (χ1v) is 4.81. The first kappa shape index (κ1) is 9.08. The van der Waals surface area contributed by atoms with Crippen molar-refractivity contribution in [2.45, 2.75) is 11.5 Å². The lowest BCUT2D eigenvalue weighted by atomic mass is 10.2. The number of aromatic carboxylic acids is 1. The molecule has 1 aromatic heterocycles. The smallest absolute Gasteiger partial charge is 0.337 e. The fraction of sp³-hybridized carbons (Fsp3) is 0.111. The minimum Gasteiger partial charge on any atom is -0.494 e. The van der Waals surface area contributed by atoms with Crippen LogP contribution in [0, 0.1) is 0 Å². The van der Waals surface area contributed by atoms with Crippen LogP contribution in [-0.2, 0) is 11.3 Å². The van der Waals surface area contributed by atoms with E-state index in [4.69, 9.17) is 9.84 Å². The van der Waals surface area contributed by atoms with Gasteiger partial charge in [-0.25, -0.2) is 4.79 Å². The molecule has 4 nitrogen and oxygen atoms in total. The van der Waals surface area contributed by atoms with Gasteiger partial charge in [0.15, 0.2) is 0 Å². The summed E-state index contributed by atoms with van der Waals surface area (Å²) in [7, 11) is 0. The van der Waals surface area contributed by atoms with E-state index in [1.54, 1.807) is 17.7 Å². The third-order valence-corrected chi connectivity index (χ3v) is 2.60. The van der Waals surface area contributed by atoms with E-state index in [9.17, 15) is 4.79 Å². The molecule has 0 bridgehead atoms. The summed E-state index contributed by atoms with van der Waals surface area (Å²) >= 11 is 1.41. The Morgan fingerprint density at radius 2 is 2.50 bits per heavy atom. The van der Waals surface area contributed by atoms with Crippen molar-refractivity contribution >= 4 is 17.7 Å². The second-order valence-corrected chi connectivity index (χ2v) is 3.62. The molecule has 5 heteroatoms. The fourth-order valence-electron chi connectivity index (χ4n) is 1.07. The Kier molecular flexibility index (Phi) is 2.41. The van der Waals surface area contributed by atoms with Gasteiger partial charge in [-0.15, -0.1) is 0 Å². The van der Waals surface area contributed by atoms with Crippen molar-refractivity contribution in [3.8, 4) is 0 Å². The third kappa shape index (κ3) is 1.72. The molecule has 14 heavy (non-hydrogen) atoms. The van der Waals surface area contributed by atoms with E-state index in [1.165, 1.54) is 18.0 Å². The minimum atomic E-state index is -0.963. The number of aromatic nitrogens is 1. The average Bonchev–Trinajstić information content (AvgIpc) is 2.41. The Hall–Kier alpha value is -1.49. The van der Waals surface area contributed by atoms with Gasteiger partial charge in [0.2, 0.25) is 0 Å². The molecule has 72 valence electrons. The van der Waals surface area contributed by atoms with Crippen LogP contribution in [0.25, 0.3) is 0 Å². The lowest BCUT2D eigenvalue weighted by Crippen LogP contribution is -2.00. The van der Waals surface area contributed by atoms with Gasteiger partial charge in [0, 0.05) is 16.5 Å². The van der Waals surface area contributed by atoms with Crippen molar-refractivity contribution in [2.24, 2.45) is 0 Å².